The van der Waals surface area contributed by atoms with Gasteiger partial charge in [-0.1, -0.05) is 104 Å². The molecule has 0 saturated carbocycles. The van der Waals surface area contributed by atoms with E-state index in [1.54, 1.807) is 0 Å². The van der Waals surface area contributed by atoms with Gasteiger partial charge in [0.05, 0.1) is 17.7 Å². The van der Waals surface area contributed by atoms with Crippen LogP contribution < -0.4 is 4.74 Å². The Morgan fingerprint density at radius 1 is 0.976 bits per heavy atom. The van der Waals surface area contributed by atoms with Gasteiger partial charge >= 0.3 is 0 Å². The molecule has 5 nitrogen and oxygen atoms in total. The molecule has 0 amide bonds. The normalized spacial score (nSPS) is 15.5. The number of halogens is 2. The second kappa shape index (κ2) is 16.9. The van der Waals surface area contributed by atoms with Crippen LogP contribution in [0, 0.1) is 5.92 Å². The summed E-state index contributed by atoms with van der Waals surface area (Å²) in [6, 6.07) is 21.6. The highest BCUT2D eigenvalue weighted by Crippen LogP contribution is 2.28. The van der Waals surface area contributed by atoms with Crippen molar-refractivity contribution in [2.24, 2.45) is 11.1 Å². The van der Waals surface area contributed by atoms with Gasteiger partial charge in [-0.05, 0) is 79.7 Å². The lowest BCUT2D eigenvalue weighted by Crippen LogP contribution is -2.35. The van der Waals surface area contributed by atoms with E-state index in [0.717, 1.165) is 67.8 Å². The Bertz CT molecular complexity index is 1270. The van der Waals surface area contributed by atoms with Crippen LogP contribution in [0.25, 0.3) is 0 Å². The van der Waals surface area contributed by atoms with Crippen LogP contribution in [-0.2, 0) is 11.4 Å². The number of rotatable bonds is 15. The van der Waals surface area contributed by atoms with Gasteiger partial charge in [0.1, 0.15) is 18.6 Å². The van der Waals surface area contributed by atoms with E-state index in [0.29, 0.717) is 28.3 Å². The molecule has 0 aromatic heterocycles. The number of nitrogens with zero attached hydrogens (tertiary/aromatic N) is 2. The number of hydrogen-bond donors (Lipinski definition) is 1. The molecule has 7 heteroatoms. The number of likely N-dealkylation sites (tertiary alicyclic amines) is 1. The van der Waals surface area contributed by atoms with E-state index in [4.69, 9.17) is 32.8 Å². The summed E-state index contributed by atoms with van der Waals surface area (Å²) in [5, 5.41) is 16.1. The molecule has 4 rings (SSSR count). The van der Waals surface area contributed by atoms with Crippen molar-refractivity contribution in [2.45, 2.75) is 70.9 Å². The third kappa shape index (κ3) is 9.74. The summed E-state index contributed by atoms with van der Waals surface area (Å²) in [5.74, 6) is 1.25. The highest BCUT2D eigenvalue weighted by Gasteiger charge is 2.21. The number of oxime groups is 1. The number of unbranched alkanes of at least 4 members (excludes halogenated alkanes) is 4. The summed E-state index contributed by atoms with van der Waals surface area (Å²) in [6.45, 7) is 5.89. The first-order valence-corrected chi connectivity index (χ1v) is 16.0. The van der Waals surface area contributed by atoms with Crippen molar-refractivity contribution in [1.29, 1.82) is 0 Å². The smallest absolute Gasteiger partial charge is 0.120 e. The summed E-state index contributed by atoms with van der Waals surface area (Å²) in [7, 11) is 1.52. The summed E-state index contributed by atoms with van der Waals surface area (Å²) in [6.07, 6.45) is 8.75. The van der Waals surface area contributed by atoms with Gasteiger partial charge in [0.15, 0.2) is 0 Å². The van der Waals surface area contributed by atoms with Gasteiger partial charge in [-0.15, -0.1) is 0 Å². The summed E-state index contributed by atoms with van der Waals surface area (Å²) < 4.78 is 6.17. The Morgan fingerprint density at radius 2 is 1.74 bits per heavy atom. The number of ether oxygens (including phenoxy) is 1. The molecule has 1 saturated heterocycles. The molecule has 0 spiro atoms. The number of piperidine rings is 1. The van der Waals surface area contributed by atoms with Gasteiger partial charge < -0.3 is 14.7 Å². The Labute approximate surface area is 261 Å². The zero-order valence-electron chi connectivity index (χ0n) is 24.9. The number of benzene rings is 3. The van der Waals surface area contributed by atoms with Crippen molar-refractivity contribution in [3.8, 4) is 5.75 Å². The van der Waals surface area contributed by atoms with Crippen molar-refractivity contribution >= 4 is 28.9 Å². The van der Waals surface area contributed by atoms with E-state index in [1.165, 1.54) is 38.4 Å². The molecule has 1 heterocycles. The van der Waals surface area contributed by atoms with Crippen LogP contribution in [0.5, 0.6) is 5.75 Å². The van der Waals surface area contributed by atoms with Crippen LogP contribution in [0.4, 0.5) is 0 Å². The van der Waals surface area contributed by atoms with Crippen LogP contribution in [-0.4, -0.2) is 42.5 Å². The molecular formula is C35H44Cl2N2O3. The molecule has 0 bridgehead atoms. The topological polar surface area (TPSA) is 54.3 Å². The molecule has 42 heavy (non-hydrogen) atoms. The van der Waals surface area contributed by atoms with E-state index < -0.39 is 0 Å². The number of aliphatic hydroxyl groups excluding tert-OH is 1. The van der Waals surface area contributed by atoms with Crippen LogP contribution in [0.15, 0.2) is 71.9 Å². The molecule has 1 N–H and O–H groups in total. The highest BCUT2D eigenvalue weighted by atomic mass is 35.5. The summed E-state index contributed by atoms with van der Waals surface area (Å²) in [4.78, 5) is 7.60. The molecule has 1 aliphatic heterocycles. The molecule has 1 aliphatic rings. The third-order valence-corrected chi connectivity index (χ3v) is 8.58. The monoisotopic (exact) mass is 610 g/mol. The molecule has 1 fully saturated rings. The fourth-order valence-electron chi connectivity index (χ4n) is 5.52. The molecule has 1 atom stereocenters. The number of aliphatic hydroxyl groups is 1. The lowest BCUT2D eigenvalue weighted by Gasteiger charge is -2.32. The van der Waals surface area contributed by atoms with Crippen molar-refractivity contribution in [3.63, 3.8) is 0 Å². The predicted octanol–water partition coefficient (Wildman–Crippen LogP) is 9.08. The maximum absolute atomic E-state index is 10.7. The Kier molecular flexibility index (Phi) is 13.0. The molecule has 0 radical (unpaired) electrons. The summed E-state index contributed by atoms with van der Waals surface area (Å²) in [5.41, 5.74) is 4.59. The van der Waals surface area contributed by atoms with Gasteiger partial charge in [0.25, 0.3) is 0 Å². The second-order valence-corrected chi connectivity index (χ2v) is 12.1. The minimum Gasteiger partial charge on any atom is -0.493 e. The number of hydrogen-bond acceptors (Lipinski definition) is 5. The van der Waals surface area contributed by atoms with Crippen molar-refractivity contribution in [2.75, 3.05) is 26.8 Å². The maximum Gasteiger partial charge on any atom is 0.120 e. The first kappa shape index (κ1) is 32.3. The standard InChI is InChI=1S/C35H44Cl2N2O3/c1-3-4-5-6-7-11-34(40)29-10-8-9-27(22-29)24-39-20-18-26(19-21-39)25-42-31-16-17-32(33(37)23-31)35(38-41-2)28-12-14-30(36)15-13-28/h8-10,12-17,22-23,26,34,40H,3-7,11,18-21,24-25H2,1-2H3/b38-35-/t34-/m0/s1. The molecule has 0 aliphatic carbocycles. The maximum atomic E-state index is 10.7. The molecule has 3 aromatic carbocycles. The largest absolute Gasteiger partial charge is 0.493 e. The fourth-order valence-corrected chi connectivity index (χ4v) is 5.91. The van der Waals surface area contributed by atoms with Crippen LogP contribution in [0.3, 0.4) is 0 Å². The average molecular weight is 612 g/mol. The zero-order chi connectivity index (χ0) is 29.7. The lowest BCUT2D eigenvalue weighted by molar-refractivity contribution is 0.136. The van der Waals surface area contributed by atoms with E-state index in [-0.39, 0.29) is 6.10 Å². The van der Waals surface area contributed by atoms with Crippen molar-refractivity contribution in [3.05, 3.63) is 99.0 Å². The van der Waals surface area contributed by atoms with Gasteiger partial charge in [-0.3, -0.25) is 4.90 Å². The van der Waals surface area contributed by atoms with E-state index in [2.05, 4.69) is 41.2 Å². The Morgan fingerprint density at radius 3 is 2.45 bits per heavy atom. The van der Waals surface area contributed by atoms with Crippen LogP contribution >= 0.6 is 23.2 Å². The minimum atomic E-state index is -0.367. The first-order chi connectivity index (χ1) is 20.5. The van der Waals surface area contributed by atoms with Gasteiger partial charge in [0, 0.05) is 22.7 Å². The molecular weight excluding hydrogens is 567 g/mol. The average Bonchev–Trinajstić information content (AvgIpc) is 3.00. The zero-order valence-corrected chi connectivity index (χ0v) is 26.4. The van der Waals surface area contributed by atoms with Gasteiger partial charge in [-0.25, -0.2) is 0 Å². The minimum absolute atomic E-state index is 0.367. The van der Waals surface area contributed by atoms with E-state index in [1.807, 2.05) is 42.5 Å². The Hall–Kier alpha value is -2.57. The molecule has 226 valence electrons. The van der Waals surface area contributed by atoms with Gasteiger partial charge in [-0.2, -0.15) is 0 Å². The lowest BCUT2D eigenvalue weighted by atomic mass is 9.96. The van der Waals surface area contributed by atoms with Crippen LogP contribution in [0.1, 0.15) is 86.6 Å². The van der Waals surface area contributed by atoms with Gasteiger partial charge in [0.2, 0.25) is 0 Å². The highest BCUT2D eigenvalue weighted by molar-refractivity contribution is 6.35. The fraction of sp³-hybridized carbons (Fsp3) is 0.457. The second-order valence-electron chi connectivity index (χ2n) is 11.3. The molecule has 3 aromatic rings. The molecule has 0 unspecified atom stereocenters. The first-order valence-electron chi connectivity index (χ1n) is 15.3. The summed E-state index contributed by atoms with van der Waals surface area (Å²) >= 11 is 12.7. The van der Waals surface area contributed by atoms with E-state index >= 15 is 0 Å². The SMILES string of the molecule is CCCCCCC[C@H](O)c1cccc(CN2CCC(COc3ccc(/C(=N\OC)c4ccc(Cl)cc4)c(Cl)c3)CC2)c1. The van der Waals surface area contributed by atoms with Crippen molar-refractivity contribution in [1.82, 2.24) is 4.90 Å². The van der Waals surface area contributed by atoms with E-state index in [9.17, 15) is 5.11 Å². The Balaban J connectivity index is 1.24. The van der Waals surface area contributed by atoms with Crippen molar-refractivity contribution < 1.29 is 14.7 Å². The quantitative estimate of drug-likeness (QED) is 0.106. The third-order valence-electron chi connectivity index (χ3n) is 8.01. The predicted molar refractivity (Wildman–Crippen MR) is 174 cm³/mol. The van der Waals surface area contributed by atoms with Crippen LogP contribution in [0.2, 0.25) is 10.0 Å².